The zero-order valence-electron chi connectivity index (χ0n) is 21.0. The van der Waals surface area contributed by atoms with Crippen LogP contribution in [0.1, 0.15) is 50.2 Å². The molecule has 1 N–H and O–H groups in total. The van der Waals surface area contributed by atoms with Gasteiger partial charge in [-0.3, -0.25) is 4.79 Å². The van der Waals surface area contributed by atoms with E-state index >= 15 is 0 Å². The number of nitrogens with zero attached hydrogens (tertiary/aromatic N) is 2. The second kappa shape index (κ2) is 10.9. The third kappa shape index (κ3) is 5.18. The van der Waals surface area contributed by atoms with Gasteiger partial charge in [-0.05, 0) is 73.2 Å². The summed E-state index contributed by atoms with van der Waals surface area (Å²) in [5.41, 5.74) is 4.20. The molecule has 0 atom stereocenters. The first-order chi connectivity index (χ1) is 18.4. The van der Waals surface area contributed by atoms with Crippen molar-refractivity contribution >= 4 is 29.3 Å². The predicted octanol–water partition coefficient (Wildman–Crippen LogP) is 4.94. The third-order valence-electron chi connectivity index (χ3n) is 6.79. The molecule has 0 spiro atoms. The minimum atomic E-state index is -0.811. The van der Waals surface area contributed by atoms with Gasteiger partial charge in [0, 0.05) is 24.3 Å². The Labute approximate surface area is 219 Å². The summed E-state index contributed by atoms with van der Waals surface area (Å²) in [6, 6.07) is 17.4. The average Bonchev–Trinajstić information content (AvgIpc) is 3.22. The number of hydrogen-bond acceptors (Lipinski definition) is 6. The monoisotopic (exact) mass is 517 g/mol. The number of ether oxygens (including phenoxy) is 1. The van der Waals surface area contributed by atoms with E-state index in [0.29, 0.717) is 12.1 Å². The van der Waals surface area contributed by atoms with Crippen LogP contribution in [-0.2, 0) is 22.5 Å². The Morgan fingerprint density at radius 3 is 2.74 bits per heavy atom. The number of nitrogens with one attached hydrogen (secondary N) is 1. The lowest BCUT2D eigenvalue weighted by molar-refractivity contribution is 0.0510. The number of amides is 2. The van der Waals surface area contributed by atoms with Gasteiger partial charge in [0.05, 0.1) is 12.1 Å². The topological polar surface area (TPSA) is 88.2 Å². The molecule has 0 unspecified atom stereocenters. The Morgan fingerprint density at radius 2 is 1.89 bits per heavy atom. The van der Waals surface area contributed by atoms with Crippen molar-refractivity contribution in [2.45, 2.75) is 32.7 Å². The van der Waals surface area contributed by atoms with Gasteiger partial charge < -0.3 is 19.8 Å². The second-order valence-electron chi connectivity index (χ2n) is 9.29. The maximum absolute atomic E-state index is 14.5. The average molecular weight is 518 g/mol. The lowest BCUT2D eigenvalue weighted by Crippen LogP contribution is -2.36. The molecule has 0 saturated heterocycles. The van der Waals surface area contributed by atoms with Crippen LogP contribution >= 0.6 is 0 Å². The Morgan fingerprint density at radius 1 is 1.05 bits per heavy atom. The molecule has 0 radical (unpaired) electrons. The molecular formula is C29H28FN3O5. The first kappa shape index (κ1) is 25.3. The fraction of sp³-hybridized carbons (Fsp3) is 0.276. The second-order valence-corrected chi connectivity index (χ2v) is 9.29. The SMILES string of the molecule is Cc1cc(C(=O)N2CCCCc3ccccc32)ccc1CNC(=O)ON1CCOC(=O)c2cccc(F)c21. The lowest BCUT2D eigenvalue weighted by atomic mass is 10.0. The molecule has 0 aliphatic carbocycles. The van der Waals surface area contributed by atoms with Crippen molar-refractivity contribution < 1.29 is 28.3 Å². The van der Waals surface area contributed by atoms with Crippen LogP contribution < -0.4 is 15.3 Å². The molecule has 2 heterocycles. The molecule has 9 heteroatoms. The van der Waals surface area contributed by atoms with Crippen molar-refractivity contribution in [3.05, 3.63) is 94.3 Å². The van der Waals surface area contributed by atoms with Crippen LogP contribution in [0.5, 0.6) is 0 Å². The summed E-state index contributed by atoms with van der Waals surface area (Å²) >= 11 is 0. The van der Waals surface area contributed by atoms with Gasteiger partial charge in [0.25, 0.3) is 5.91 Å². The van der Waals surface area contributed by atoms with E-state index in [4.69, 9.17) is 9.57 Å². The summed E-state index contributed by atoms with van der Waals surface area (Å²) in [6.45, 7) is 2.61. The number of para-hydroxylation sites is 2. The molecule has 3 aromatic rings. The quantitative estimate of drug-likeness (QED) is 0.494. The van der Waals surface area contributed by atoms with Gasteiger partial charge in [0.1, 0.15) is 12.3 Å². The summed E-state index contributed by atoms with van der Waals surface area (Å²) in [7, 11) is 0. The van der Waals surface area contributed by atoms with Crippen LogP contribution in [0.3, 0.4) is 0 Å². The van der Waals surface area contributed by atoms with Crippen LogP contribution in [0, 0.1) is 12.7 Å². The molecule has 3 aromatic carbocycles. The number of hydroxylamine groups is 1. The highest BCUT2D eigenvalue weighted by atomic mass is 19.1. The zero-order chi connectivity index (χ0) is 26.6. The number of carbonyl (C=O) groups excluding carboxylic acids is 3. The predicted molar refractivity (Wildman–Crippen MR) is 140 cm³/mol. The van der Waals surface area contributed by atoms with Crippen molar-refractivity contribution in [3.8, 4) is 0 Å². The summed E-state index contributed by atoms with van der Waals surface area (Å²) in [4.78, 5) is 45.2. The van der Waals surface area contributed by atoms with Crippen LogP contribution in [0.4, 0.5) is 20.6 Å². The lowest BCUT2D eigenvalue weighted by Gasteiger charge is -2.23. The van der Waals surface area contributed by atoms with Crippen LogP contribution in [0.2, 0.25) is 0 Å². The van der Waals surface area contributed by atoms with Gasteiger partial charge in [-0.2, -0.15) is 5.06 Å². The largest absolute Gasteiger partial charge is 0.460 e. The number of cyclic esters (lactones) is 1. The first-order valence-electron chi connectivity index (χ1n) is 12.6. The Hall–Kier alpha value is -4.40. The van der Waals surface area contributed by atoms with Gasteiger partial charge in [0.2, 0.25) is 0 Å². The first-order valence-corrected chi connectivity index (χ1v) is 12.6. The smallest absolute Gasteiger partial charge is 0.431 e. The van der Waals surface area contributed by atoms with E-state index in [1.807, 2.05) is 36.1 Å². The van der Waals surface area contributed by atoms with E-state index < -0.39 is 17.9 Å². The summed E-state index contributed by atoms with van der Waals surface area (Å²) in [5.74, 6) is -1.43. The molecule has 38 heavy (non-hydrogen) atoms. The van der Waals surface area contributed by atoms with Crippen molar-refractivity contribution in [1.82, 2.24) is 5.32 Å². The number of anilines is 2. The number of rotatable bonds is 4. The highest BCUT2D eigenvalue weighted by Gasteiger charge is 2.28. The molecule has 0 bridgehead atoms. The maximum Gasteiger partial charge on any atom is 0.431 e. The molecule has 196 valence electrons. The molecule has 5 rings (SSSR count). The molecular weight excluding hydrogens is 489 g/mol. The molecule has 0 aromatic heterocycles. The van der Waals surface area contributed by atoms with Gasteiger partial charge in [-0.1, -0.05) is 30.3 Å². The number of fused-ring (bicyclic) bond motifs is 2. The maximum atomic E-state index is 14.5. The van der Waals surface area contributed by atoms with Gasteiger partial charge >= 0.3 is 12.1 Å². The molecule has 2 amide bonds. The van der Waals surface area contributed by atoms with E-state index in [1.54, 1.807) is 12.1 Å². The Bertz CT molecular complexity index is 1390. The van der Waals surface area contributed by atoms with Gasteiger partial charge in [-0.25, -0.2) is 14.0 Å². The normalized spacial score (nSPS) is 14.9. The molecule has 8 nitrogen and oxygen atoms in total. The number of hydrogen-bond donors (Lipinski definition) is 1. The highest BCUT2D eigenvalue weighted by molar-refractivity contribution is 6.06. The number of halogens is 1. The number of carbonyl (C=O) groups is 3. The fourth-order valence-electron chi connectivity index (χ4n) is 4.82. The van der Waals surface area contributed by atoms with E-state index in [1.165, 1.54) is 23.8 Å². The van der Waals surface area contributed by atoms with Crippen LogP contribution in [0.25, 0.3) is 0 Å². The molecule has 2 aliphatic rings. The van der Waals surface area contributed by atoms with Gasteiger partial charge in [0.15, 0.2) is 5.82 Å². The number of aryl methyl sites for hydroxylation is 2. The third-order valence-corrected chi connectivity index (χ3v) is 6.79. The van der Waals surface area contributed by atoms with E-state index in [9.17, 15) is 18.8 Å². The standard InChI is InChI=1S/C29H28FN3O5/c1-19-17-21(27(34)32-14-5-4-8-20-7-2-3-11-25(20)32)12-13-22(19)18-31-29(36)38-33-15-16-37-28(35)23-9-6-10-24(30)26(23)33/h2-3,6-7,9-13,17H,4-5,8,14-16,18H2,1H3,(H,31,36). The Balaban J connectivity index is 1.25. The number of esters is 1. The summed E-state index contributed by atoms with van der Waals surface area (Å²) in [6.07, 6.45) is 2.13. The van der Waals surface area contributed by atoms with E-state index in [0.717, 1.165) is 41.1 Å². The van der Waals surface area contributed by atoms with Gasteiger partial charge in [-0.15, -0.1) is 0 Å². The molecule has 0 saturated carbocycles. The zero-order valence-corrected chi connectivity index (χ0v) is 21.0. The van der Waals surface area contributed by atoms with Crippen molar-refractivity contribution in [3.63, 3.8) is 0 Å². The van der Waals surface area contributed by atoms with Crippen LogP contribution in [-0.4, -0.2) is 37.7 Å². The van der Waals surface area contributed by atoms with E-state index in [-0.39, 0.29) is 36.9 Å². The van der Waals surface area contributed by atoms with Crippen LogP contribution in [0.15, 0.2) is 60.7 Å². The van der Waals surface area contributed by atoms with E-state index in [2.05, 4.69) is 11.4 Å². The summed E-state index contributed by atoms with van der Waals surface area (Å²) < 4.78 is 19.5. The summed E-state index contributed by atoms with van der Waals surface area (Å²) in [5, 5.41) is 3.68. The van der Waals surface area contributed by atoms with Crippen molar-refractivity contribution in [1.29, 1.82) is 0 Å². The number of benzene rings is 3. The fourth-order valence-corrected chi connectivity index (χ4v) is 4.82. The minimum absolute atomic E-state index is 0.0114. The minimum Gasteiger partial charge on any atom is -0.460 e. The molecule has 2 aliphatic heterocycles. The van der Waals surface area contributed by atoms with Crippen molar-refractivity contribution in [2.24, 2.45) is 0 Å². The Kier molecular flexibility index (Phi) is 7.26. The highest BCUT2D eigenvalue weighted by Crippen LogP contribution is 2.29. The molecule has 0 fully saturated rings. The van der Waals surface area contributed by atoms with Crippen molar-refractivity contribution in [2.75, 3.05) is 29.7 Å².